The summed E-state index contributed by atoms with van der Waals surface area (Å²) in [4.78, 5) is 19.2. The van der Waals surface area contributed by atoms with Crippen LogP contribution in [0.15, 0.2) is 11.1 Å². The van der Waals surface area contributed by atoms with Crippen LogP contribution >= 0.6 is 11.6 Å². The third kappa shape index (κ3) is 11.0. The maximum atomic E-state index is 10.8. The molecule has 4 nitrogen and oxygen atoms in total. The molecule has 0 aromatic carbocycles. The van der Waals surface area contributed by atoms with Crippen molar-refractivity contribution in [1.29, 1.82) is 0 Å². The minimum atomic E-state index is -0.428. The van der Waals surface area contributed by atoms with E-state index in [4.69, 9.17) is 26.2 Å². The molecule has 0 amide bonds. The van der Waals surface area contributed by atoms with Gasteiger partial charge >= 0.3 is 5.97 Å². The quantitative estimate of drug-likeness (QED) is 0.343. The lowest BCUT2D eigenvalue weighted by atomic mass is 10.4. The van der Waals surface area contributed by atoms with Crippen LogP contribution in [0.25, 0.3) is 0 Å². The van der Waals surface area contributed by atoms with Gasteiger partial charge in [0.05, 0.1) is 6.61 Å². The molecule has 14 heavy (non-hydrogen) atoms. The average molecular weight is 223 g/mol. The first-order valence-corrected chi connectivity index (χ1v) is 4.58. The molecular formula is C9H15ClO4. The number of unbranched alkanes of at least 4 members (excludes halogenated alkanes) is 1. The summed E-state index contributed by atoms with van der Waals surface area (Å²) < 4.78 is 4.80. The van der Waals surface area contributed by atoms with Gasteiger partial charge in [-0.25, -0.2) is 4.79 Å². The largest absolute Gasteiger partial charge is 0.483 e. The van der Waals surface area contributed by atoms with Gasteiger partial charge in [-0.3, -0.25) is 4.79 Å². The minimum Gasteiger partial charge on any atom is -0.483 e. The highest BCUT2D eigenvalue weighted by molar-refractivity contribution is 6.41. The van der Waals surface area contributed by atoms with E-state index in [0.29, 0.717) is 6.61 Å². The maximum Gasteiger partial charge on any atom is 0.349 e. The molecule has 0 aliphatic carbocycles. The molecule has 1 N–H and O–H groups in total. The van der Waals surface area contributed by atoms with Crippen molar-refractivity contribution >= 4 is 24.0 Å². The fraction of sp³-hybridized carbons (Fsp3) is 0.556. The highest BCUT2D eigenvalue weighted by Crippen LogP contribution is 2.03. The molecule has 0 aliphatic rings. The molecule has 82 valence electrons. The van der Waals surface area contributed by atoms with Crippen LogP contribution in [0.5, 0.6) is 0 Å². The molecular weight excluding hydrogens is 208 g/mol. The highest BCUT2D eigenvalue weighted by atomic mass is 35.5. The number of halogens is 1. The first-order chi connectivity index (χ1) is 6.63. The number of allylic oxidation sites excluding steroid dienone is 1. The number of rotatable bonds is 4. The first kappa shape index (κ1) is 15.4. The Kier molecular flexibility index (Phi) is 13.2. The van der Waals surface area contributed by atoms with Crippen molar-refractivity contribution in [3.05, 3.63) is 11.1 Å². The van der Waals surface area contributed by atoms with Crippen molar-refractivity contribution < 1.29 is 19.4 Å². The summed E-state index contributed by atoms with van der Waals surface area (Å²) in [7, 11) is 0. The van der Waals surface area contributed by atoms with Gasteiger partial charge in [0.15, 0.2) is 0 Å². The van der Waals surface area contributed by atoms with E-state index in [1.165, 1.54) is 6.08 Å². The molecule has 0 spiro atoms. The zero-order valence-electron chi connectivity index (χ0n) is 8.33. The predicted octanol–water partition coefficient (Wildman–Crippen LogP) is 2.17. The Morgan fingerprint density at radius 2 is 2.07 bits per heavy atom. The van der Waals surface area contributed by atoms with E-state index in [0.717, 1.165) is 12.8 Å². The van der Waals surface area contributed by atoms with Crippen molar-refractivity contribution in [2.75, 3.05) is 6.61 Å². The molecule has 0 aromatic rings. The SMILES string of the molecule is C/C=C(\Cl)C(=O)OCCCC.O=CO. The smallest absolute Gasteiger partial charge is 0.349 e. The number of hydrogen-bond acceptors (Lipinski definition) is 3. The Balaban J connectivity index is 0. The fourth-order valence-corrected chi connectivity index (χ4v) is 0.551. The fourth-order valence-electron chi connectivity index (χ4n) is 0.496. The van der Waals surface area contributed by atoms with Gasteiger partial charge in [-0.2, -0.15) is 0 Å². The van der Waals surface area contributed by atoms with Crippen molar-refractivity contribution in [3.63, 3.8) is 0 Å². The lowest BCUT2D eigenvalue weighted by molar-refractivity contribution is -0.138. The van der Waals surface area contributed by atoms with E-state index in [2.05, 4.69) is 0 Å². The number of carbonyl (C=O) groups excluding carboxylic acids is 1. The molecule has 0 unspecified atom stereocenters. The molecule has 0 saturated heterocycles. The van der Waals surface area contributed by atoms with E-state index in [9.17, 15) is 4.79 Å². The van der Waals surface area contributed by atoms with Crippen molar-refractivity contribution in [3.8, 4) is 0 Å². The Labute approximate surface area is 88.5 Å². The van der Waals surface area contributed by atoms with Crippen molar-refractivity contribution in [2.24, 2.45) is 0 Å². The lowest BCUT2D eigenvalue weighted by Crippen LogP contribution is -2.05. The van der Waals surface area contributed by atoms with E-state index in [-0.39, 0.29) is 11.5 Å². The molecule has 0 heterocycles. The van der Waals surface area contributed by atoms with Gasteiger partial charge in [-0.1, -0.05) is 31.0 Å². The van der Waals surface area contributed by atoms with E-state index in [1.807, 2.05) is 6.92 Å². The van der Waals surface area contributed by atoms with Crippen molar-refractivity contribution in [2.45, 2.75) is 26.7 Å². The molecule has 0 aromatic heterocycles. The van der Waals surface area contributed by atoms with Crippen LogP contribution < -0.4 is 0 Å². The van der Waals surface area contributed by atoms with Crippen molar-refractivity contribution in [1.82, 2.24) is 0 Å². The van der Waals surface area contributed by atoms with Crippen LogP contribution in [0.2, 0.25) is 0 Å². The third-order valence-corrected chi connectivity index (χ3v) is 1.55. The Morgan fingerprint density at radius 3 is 2.43 bits per heavy atom. The molecule has 5 heteroatoms. The van der Waals surface area contributed by atoms with Crippen LogP contribution in [0.4, 0.5) is 0 Å². The second-order valence-corrected chi connectivity index (χ2v) is 2.64. The number of ether oxygens (including phenoxy) is 1. The summed E-state index contributed by atoms with van der Waals surface area (Å²) >= 11 is 5.48. The summed E-state index contributed by atoms with van der Waals surface area (Å²) in [5.74, 6) is -0.428. The number of hydrogen-bond donors (Lipinski definition) is 1. The molecule has 0 radical (unpaired) electrons. The van der Waals surface area contributed by atoms with Gasteiger partial charge in [-0.15, -0.1) is 0 Å². The first-order valence-electron chi connectivity index (χ1n) is 4.20. The average Bonchev–Trinajstić information content (AvgIpc) is 2.18. The van der Waals surface area contributed by atoms with E-state index >= 15 is 0 Å². The number of esters is 1. The molecule has 0 rings (SSSR count). The van der Waals surface area contributed by atoms with Gasteiger partial charge in [-0.05, 0) is 13.3 Å². The van der Waals surface area contributed by atoms with Crippen LogP contribution in [-0.4, -0.2) is 24.2 Å². The molecule has 0 saturated carbocycles. The lowest BCUT2D eigenvalue weighted by Gasteiger charge is -2.00. The van der Waals surface area contributed by atoms with Gasteiger partial charge in [0.25, 0.3) is 6.47 Å². The summed E-state index contributed by atoms with van der Waals surface area (Å²) in [5, 5.41) is 7.04. The summed E-state index contributed by atoms with van der Waals surface area (Å²) in [6, 6.07) is 0. The zero-order chi connectivity index (χ0) is 11.4. The van der Waals surface area contributed by atoms with Gasteiger partial charge in [0.2, 0.25) is 0 Å². The van der Waals surface area contributed by atoms with Gasteiger partial charge < -0.3 is 9.84 Å². The van der Waals surface area contributed by atoms with Gasteiger partial charge in [0, 0.05) is 0 Å². The highest BCUT2D eigenvalue weighted by Gasteiger charge is 2.04. The summed E-state index contributed by atoms with van der Waals surface area (Å²) in [6.07, 6.45) is 3.43. The van der Waals surface area contributed by atoms with Crippen LogP contribution in [0.1, 0.15) is 26.7 Å². The maximum absolute atomic E-state index is 10.8. The standard InChI is InChI=1S/C8H13ClO2.CH2O2/c1-3-5-6-11-8(10)7(9)4-2;2-1-3/h4H,3,5-6H2,1-2H3;1H,(H,2,3)/b7-4-;. The monoisotopic (exact) mass is 222 g/mol. The summed E-state index contributed by atoms with van der Waals surface area (Å²) in [6.45, 7) is 3.94. The molecule has 0 bridgehead atoms. The van der Waals surface area contributed by atoms with Crippen LogP contribution in [-0.2, 0) is 14.3 Å². The molecule has 0 aliphatic heterocycles. The Morgan fingerprint density at radius 1 is 1.57 bits per heavy atom. The Hall–Kier alpha value is -1.03. The number of carbonyl (C=O) groups is 2. The zero-order valence-corrected chi connectivity index (χ0v) is 9.08. The number of carboxylic acid groups (broad SMARTS) is 1. The second-order valence-electron chi connectivity index (χ2n) is 2.23. The van der Waals surface area contributed by atoms with E-state index < -0.39 is 5.97 Å². The normalized spacial score (nSPS) is 9.79. The summed E-state index contributed by atoms with van der Waals surface area (Å²) in [5.41, 5.74) is 0. The van der Waals surface area contributed by atoms with E-state index in [1.54, 1.807) is 6.92 Å². The predicted molar refractivity (Wildman–Crippen MR) is 54.2 cm³/mol. The van der Waals surface area contributed by atoms with Gasteiger partial charge in [0.1, 0.15) is 5.03 Å². The van der Waals surface area contributed by atoms with Crippen LogP contribution in [0.3, 0.4) is 0 Å². The second kappa shape index (κ2) is 12.0. The molecule has 0 fully saturated rings. The minimum absolute atomic E-state index is 0.154. The topological polar surface area (TPSA) is 63.6 Å². The Bertz CT molecular complexity index is 189. The van der Waals surface area contributed by atoms with Crippen LogP contribution in [0, 0.1) is 0 Å². The molecule has 0 atom stereocenters. The third-order valence-electron chi connectivity index (χ3n) is 1.18.